The van der Waals surface area contributed by atoms with Gasteiger partial charge in [-0.1, -0.05) is 19.9 Å². The molecule has 0 bridgehead atoms. The van der Waals surface area contributed by atoms with Crippen molar-refractivity contribution in [2.75, 3.05) is 26.2 Å². The lowest BCUT2D eigenvalue weighted by molar-refractivity contribution is -0.137. The molecular formula is C22H31N5O4. The molecule has 0 saturated carbocycles. The van der Waals surface area contributed by atoms with Gasteiger partial charge < -0.3 is 10.2 Å². The number of rotatable bonds is 8. The minimum absolute atomic E-state index is 0.233. The zero-order chi connectivity index (χ0) is 22.4. The molecule has 3 rings (SSSR count). The van der Waals surface area contributed by atoms with Gasteiger partial charge in [-0.05, 0) is 55.7 Å². The van der Waals surface area contributed by atoms with E-state index in [9.17, 15) is 19.2 Å². The molecule has 9 nitrogen and oxygen atoms in total. The molecule has 0 aromatic heterocycles. The maximum absolute atomic E-state index is 12.5. The van der Waals surface area contributed by atoms with E-state index in [4.69, 9.17) is 0 Å². The van der Waals surface area contributed by atoms with Crippen LogP contribution in [0.2, 0.25) is 0 Å². The monoisotopic (exact) mass is 429 g/mol. The average molecular weight is 430 g/mol. The fourth-order valence-corrected chi connectivity index (χ4v) is 4.08. The van der Waals surface area contributed by atoms with Crippen LogP contribution in [0.4, 0.5) is 4.79 Å². The summed E-state index contributed by atoms with van der Waals surface area (Å²) < 4.78 is 0. The predicted molar refractivity (Wildman–Crippen MR) is 115 cm³/mol. The highest BCUT2D eigenvalue weighted by Gasteiger charge is 2.34. The summed E-state index contributed by atoms with van der Waals surface area (Å²) >= 11 is 0. The second-order valence-electron chi connectivity index (χ2n) is 7.95. The molecule has 1 fully saturated rings. The van der Waals surface area contributed by atoms with Crippen molar-refractivity contribution < 1.29 is 19.2 Å². The summed E-state index contributed by atoms with van der Waals surface area (Å²) in [5.74, 6) is -0.952. The Bertz CT molecular complexity index is 852. The van der Waals surface area contributed by atoms with Gasteiger partial charge >= 0.3 is 6.03 Å². The first-order chi connectivity index (χ1) is 14.9. The van der Waals surface area contributed by atoms with E-state index in [2.05, 4.69) is 34.7 Å². The molecule has 31 heavy (non-hydrogen) atoms. The number of piperidine rings is 1. The van der Waals surface area contributed by atoms with Crippen LogP contribution in [0.1, 0.15) is 54.6 Å². The van der Waals surface area contributed by atoms with Crippen molar-refractivity contribution >= 4 is 23.8 Å². The Morgan fingerprint density at radius 1 is 1.16 bits per heavy atom. The van der Waals surface area contributed by atoms with Crippen LogP contribution < -0.4 is 16.0 Å². The number of imide groups is 2. The molecule has 1 saturated heterocycles. The largest absolute Gasteiger partial charge is 0.338 e. The van der Waals surface area contributed by atoms with Crippen LogP contribution in [0, 0.1) is 0 Å². The van der Waals surface area contributed by atoms with E-state index >= 15 is 0 Å². The van der Waals surface area contributed by atoms with E-state index in [0.29, 0.717) is 38.0 Å². The number of hydrogen-bond acceptors (Lipinski definition) is 6. The Morgan fingerprint density at radius 2 is 1.90 bits per heavy atom. The fraction of sp³-hybridized carbons (Fsp3) is 0.545. The topological polar surface area (TPSA) is 111 Å². The van der Waals surface area contributed by atoms with E-state index < -0.39 is 11.9 Å². The minimum Gasteiger partial charge on any atom is -0.338 e. The lowest BCUT2D eigenvalue weighted by atomic mass is 10.0. The summed E-state index contributed by atoms with van der Waals surface area (Å²) in [6, 6.07) is 4.47. The average Bonchev–Trinajstić information content (AvgIpc) is 3.16. The summed E-state index contributed by atoms with van der Waals surface area (Å²) in [6.07, 6.45) is 1.65. The normalized spacial score (nSPS) is 18.6. The molecule has 1 aromatic carbocycles. The third kappa shape index (κ3) is 5.89. The molecule has 5 amide bonds. The first kappa shape index (κ1) is 22.9. The highest BCUT2D eigenvalue weighted by molar-refractivity contribution is 6.04. The molecule has 0 spiro atoms. The number of amides is 5. The maximum Gasteiger partial charge on any atom is 0.321 e. The van der Waals surface area contributed by atoms with Crippen LogP contribution >= 0.6 is 0 Å². The van der Waals surface area contributed by atoms with Gasteiger partial charge in [-0.25, -0.2) is 4.79 Å². The van der Waals surface area contributed by atoms with Gasteiger partial charge in [0.25, 0.3) is 5.91 Å². The van der Waals surface area contributed by atoms with Crippen molar-refractivity contribution in [3.8, 4) is 0 Å². The Morgan fingerprint density at radius 3 is 2.61 bits per heavy atom. The minimum atomic E-state index is -0.504. The van der Waals surface area contributed by atoms with Crippen molar-refractivity contribution in [1.29, 1.82) is 0 Å². The van der Waals surface area contributed by atoms with Crippen molar-refractivity contribution in [2.45, 2.75) is 52.2 Å². The molecule has 0 radical (unpaired) electrons. The fourth-order valence-electron chi connectivity index (χ4n) is 4.08. The number of nitrogens with one attached hydrogen (secondary N) is 3. The molecule has 1 atom stereocenters. The molecule has 9 heteroatoms. The number of benzene rings is 1. The second-order valence-corrected chi connectivity index (χ2v) is 7.95. The molecule has 1 aromatic rings. The molecule has 0 aliphatic carbocycles. The molecule has 2 aliphatic rings. The Hall–Kier alpha value is -2.78. The zero-order valence-electron chi connectivity index (χ0n) is 18.2. The predicted octanol–water partition coefficient (Wildman–Crippen LogP) is 0.979. The lowest BCUT2D eigenvalue weighted by Gasteiger charge is -2.29. The number of carbonyl (C=O) groups excluding carboxylic acids is 4. The van der Waals surface area contributed by atoms with E-state index in [1.807, 2.05) is 11.0 Å². The summed E-state index contributed by atoms with van der Waals surface area (Å²) in [4.78, 5) is 52.3. The van der Waals surface area contributed by atoms with Gasteiger partial charge in [0.05, 0.1) is 6.04 Å². The quantitative estimate of drug-likeness (QED) is 0.420. The smallest absolute Gasteiger partial charge is 0.321 e. The van der Waals surface area contributed by atoms with Crippen molar-refractivity contribution in [1.82, 2.24) is 25.8 Å². The van der Waals surface area contributed by atoms with Crippen molar-refractivity contribution in [2.24, 2.45) is 0 Å². The third-order valence-corrected chi connectivity index (χ3v) is 5.92. The van der Waals surface area contributed by atoms with Gasteiger partial charge in [0.1, 0.15) is 0 Å². The van der Waals surface area contributed by atoms with E-state index in [-0.39, 0.29) is 17.9 Å². The first-order valence-electron chi connectivity index (χ1n) is 10.9. The van der Waals surface area contributed by atoms with Gasteiger partial charge in [0.2, 0.25) is 11.8 Å². The maximum atomic E-state index is 12.5. The molecular weight excluding hydrogens is 398 g/mol. The van der Waals surface area contributed by atoms with Gasteiger partial charge in [-0.15, -0.1) is 0 Å². The Balaban J connectivity index is 1.49. The van der Waals surface area contributed by atoms with Crippen molar-refractivity contribution in [3.05, 3.63) is 34.9 Å². The van der Waals surface area contributed by atoms with Gasteiger partial charge in [-0.2, -0.15) is 0 Å². The number of hydrogen-bond donors (Lipinski definition) is 3. The zero-order valence-corrected chi connectivity index (χ0v) is 18.2. The first-order valence-corrected chi connectivity index (χ1v) is 10.9. The van der Waals surface area contributed by atoms with Crippen LogP contribution in [0.15, 0.2) is 18.2 Å². The number of nitrogens with zero attached hydrogens (tertiary/aromatic N) is 2. The summed E-state index contributed by atoms with van der Waals surface area (Å²) in [5.41, 5.74) is 2.40. The lowest BCUT2D eigenvalue weighted by Crippen LogP contribution is -2.50. The van der Waals surface area contributed by atoms with Gasteiger partial charge in [0.15, 0.2) is 0 Å². The highest BCUT2D eigenvalue weighted by Crippen LogP contribution is 2.28. The number of carbonyl (C=O) groups is 4. The van der Waals surface area contributed by atoms with E-state index in [1.54, 1.807) is 12.1 Å². The van der Waals surface area contributed by atoms with Crippen LogP contribution in [-0.2, 0) is 22.7 Å². The summed E-state index contributed by atoms with van der Waals surface area (Å²) in [5, 5.41) is 7.48. The van der Waals surface area contributed by atoms with Crippen LogP contribution in [0.3, 0.4) is 0 Å². The van der Waals surface area contributed by atoms with Crippen LogP contribution in [0.5, 0.6) is 0 Å². The molecule has 2 heterocycles. The van der Waals surface area contributed by atoms with E-state index in [0.717, 1.165) is 37.2 Å². The van der Waals surface area contributed by atoms with E-state index in [1.165, 1.54) is 0 Å². The molecule has 168 valence electrons. The van der Waals surface area contributed by atoms with Crippen LogP contribution in [-0.4, -0.2) is 65.8 Å². The summed E-state index contributed by atoms with van der Waals surface area (Å²) in [6.45, 7) is 8.67. The highest BCUT2D eigenvalue weighted by atomic mass is 16.2. The molecule has 2 aliphatic heterocycles. The van der Waals surface area contributed by atoms with Crippen LogP contribution in [0.25, 0.3) is 0 Å². The van der Waals surface area contributed by atoms with Gasteiger partial charge in [-0.3, -0.25) is 29.9 Å². The number of urea groups is 1. The molecule has 3 N–H and O–H groups in total. The SMILES string of the molecule is CCN(CC)CCCNC(=O)NC(=O)c1ccc2c(c1)CN(C1CCC(=O)NC1=O)C2. The standard InChI is InChI=1S/C22H31N5O4/c1-3-26(4-2)11-5-10-23-22(31)25-20(29)15-6-7-16-13-27(14-17(16)12-15)18-8-9-19(28)24-21(18)30/h6-7,12,18H,3-5,8-11,13-14H2,1-2H3,(H,24,28,30)(H2,23,25,29,31). The molecule has 1 unspecified atom stereocenters. The van der Waals surface area contributed by atoms with Gasteiger partial charge in [0, 0.05) is 31.6 Å². The Labute approximate surface area is 182 Å². The van der Waals surface area contributed by atoms with Crippen molar-refractivity contribution in [3.63, 3.8) is 0 Å². The number of fused-ring (bicyclic) bond motifs is 1. The second kappa shape index (κ2) is 10.5. The summed E-state index contributed by atoms with van der Waals surface area (Å²) in [7, 11) is 0. The third-order valence-electron chi connectivity index (χ3n) is 5.92. The Kier molecular flexibility index (Phi) is 7.75.